The maximum absolute atomic E-state index is 12.9. The minimum absolute atomic E-state index is 0.100. The van der Waals surface area contributed by atoms with Crippen LogP contribution in [0.5, 0.6) is 0 Å². The van der Waals surface area contributed by atoms with Crippen LogP contribution in [0.4, 0.5) is 8.78 Å². The van der Waals surface area contributed by atoms with E-state index < -0.39 is 11.6 Å². The number of thioether (sulfide) groups is 1. The molecule has 1 rings (SSSR count). The summed E-state index contributed by atoms with van der Waals surface area (Å²) in [4.78, 5) is 22.8. The Morgan fingerprint density at radius 1 is 1.30 bits per heavy atom. The van der Waals surface area contributed by atoms with Crippen molar-refractivity contribution in [3.8, 4) is 0 Å². The fraction of sp³-hybridized carbons (Fsp3) is 0.385. The van der Waals surface area contributed by atoms with Crippen LogP contribution in [0.3, 0.4) is 0 Å². The summed E-state index contributed by atoms with van der Waals surface area (Å²) in [5.74, 6) is -2.31. The second-order valence-electron chi connectivity index (χ2n) is 3.89. The van der Waals surface area contributed by atoms with Gasteiger partial charge in [0.15, 0.2) is 11.6 Å². The van der Waals surface area contributed by atoms with Gasteiger partial charge < -0.3 is 10.1 Å². The first-order valence-corrected chi connectivity index (χ1v) is 6.93. The van der Waals surface area contributed by atoms with Crippen molar-refractivity contribution in [2.45, 2.75) is 17.7 Å². The molecule has 0 aliphatic rings. The van der Waals surface area contributed by atoms with Gasteiger partial charge >= 0.3 is 5.97 Å². The maximum atomic E-state index is 12.9. The monoisotopic (exact) mass is 303 g/mol. The van der Waals surface area contributed by atoms with Crippen molar-refractivity contribution in [1.82, 2.24) is 5.32 Å². The van der Waals surface area contributed by atoms with Crippen molar-refractivity contribution >= 4 is 23.6 Å². The van der Waals surface area contributed by atoms with Crippen LogP contribution >= 0.6 is 11.8 Å². The Bertz CT molecular complexity index is 483. The van der Waals surface area contributed by atoms with Crippen LogP contribution in [0.15, 0.2) is 23.1 Å². The third kappa shape index (κ3) is 6.01. The first-order valence-electron chi connectivity index (χ1n) is 5.94. The van der Waals surface area contributed by atoms with Crippen LogP contribution in [0.1, 0.15) is 12.8 Å². The van der Waals surface area contributed by atoms with Crippen molar-refractivity contribution in [2.75, 3.05) is 19.4 Å². The Morgan fingerprint density at radius 3 is 2.70 bits per heavy atom. The maximum Gasteiger partial charge on any atom is 0.305 e. The molecule has 0 aliphatic heterocycles. The number of halogens is 2. The third-order valence-corrected chi connectivity index (χ3v) is 3.36. The van der Waals surface area contributed by atoms with E-state index in [1.165, 1.54) is 13.2 Å². The van der Waals surface area contributed by atoms with Crippen LogP contribution < -0.4 is 5.32 Å². The van der Waals surface area contributed by atoms with E-state index in [-0.39, 0.29) is 24.1 Å². The fourth-order valence-corrected chi connectivity index (χ4v) is 2.08. The van der Waals surface area contributed by atoms with Crippen molar-refractivity contribution in [3.05, 3.63) is 29.8 Å². The van der Waals surface area contributed by atoms with Crippen molar-refractivity contribution < 1.29 is 23.1 Å². The summed E-state index contributed by atoms with van der Waals surface area (Å²) in [7, 11) is 1.30. The summed E-state index contributed by atoms with van der Waals surface area (Å²) >= 11 is 1.11. The number of hydrogen-bond acceptors (Lipinski definition) is 4. The van der Waals surface area contributed by atoms with Gasteiger partial charge in [-0.15, -0.1) is 11.8 Å². The third-order valence-electron chi connectivity index (χ3n) is 2.37. The SMILES string of the molecule is COC(=O)CCCNC(=O)CSc1ccc(F)c(F)c1. The number of ether oxygens (including phenoxy) is 1. The Morgan fingerprint density at radius 2 is 2.05 bits per heavy atom. The Labute approximate surface area is 119 Å². The molecule has 110 valence electrons. The van der Waals surface area contributed by atoms with E-state index in [9.17, 15) is 18.4 Å². The van der Waals surface area contributed by atoms with E-state index in [0.29, 0.717) is 17.9 Å². The summed E-state index contributed by atoms with van der Waals surface area (Å²) in [5.41, 5.74) is 0. The van der Waals surface area contributed by atoms with E-state index in [2.05, 4.69) is 10.1 Å². The number of carbonyl (C=O) groups is 2. The molecule has 1 aromatic rings. The largest absolute Gasteiger partial charge is 0.469 e. The first-order chi connectivity index (χ1) is 9.52. The normalized spacial score (nSPS) is 10.2. The molecular formula is C13H15F2NO3S. The molecule has 0 aliphatic carbocycles. The lowest BCUT2D eigenvalue weighted by molar-refractivity contribution is -0.140. The van der Waals surface area contributed by atoms with E-state index in [1.807, 2.05) is 0 Å². The zero-order valence-corrected chi connectivity index (χ0v) is 11.8. The average Bonchev–Trinajstić information content (AvgIpc) is 2.44. The standard InChI is InChI=1S/C13H15F2NO3S/c1-19-13(18)3-2-6-16-12(17)8-20-9-4-5-10(14)11(15)7-9/h4-5,7H,2-3,6,8H2,1H3,(H,16,17). The quantitative estimate of drug-likeness (QED) is 0.476. The number of carbonyl (C=O) groups excluding carboxylic acids is 2. The molecule has 1 N–H and O–H groups in total. The number of methoxy groups -OCH3 is 1. The average molecular weight is 303 g/mol. The molecule has 0 saturated heterocycles. The zero-order chi connectivity index (χ0) is 15.0. The summed E-state index contributed by atoms with van der Waals surface area (Å²) in [6.07, 6.45) is 0.737. The highest BCUT2D eigenvalue weighted by molar-refractivity contribution is 8.00. The van der Waals surface area contributed by atoms with Gasteiger partial charge in [0.05, 0.1) is 12.9 Å². The van der Waals surface area contributed by atoms with Crippen LogP contribution in [-0.2, 0) is 14.3 Å². The lowest BCUT2D eigenvalue weighted by atomic mass is 10.3. The second kappa shape index (κ2) is 8.52. The highest BCUT2D eigenvalue weighted by Gasteiger charge is 2.06. The lowest BCUT2D eigenvalue weighted by Gasteiger charge is -2.05. The molecular weight excluding hydrogens is 288 g/mol. The van der Waals surface area contributed by atoms with Crippen molar-refractivity contribution in [1.29, 1.82) is 0 Å². The van der Waals surface area contributed by atoms with Gasteiger partial charge in [-0.1, -0.05) is 0 Å². The first kappa shape index (κ1) is 16.4. The van der Waals surface area contributed by atoms with Gasteiger partial charge in [0.1, 0.15) is 0 Å². The zero-order valence-electron chi connectivity index (χ0n) is 10.9. The van der Waals surface area contributed by atoms with Gasteiger partial charge in [0.2, 0.25) is 5.91 Å². The Balaban J connectivity index is 2.22. The number of benzene rings is 1. The molecule has 0 spiro atoms. The van der Waals surface area contributed by atoms with E-state index >= 15 is 0 Å². The molecule has 0 heterocycles. The van der Waals surface area contributed by atoms with Crippen LogP contribution in [0, 0.1) is 11.6 Å². The topological polar surface area (TPSA) is 55.4 Å². The molecule has 0 radical (unpaired) electrons. The van der Waals surface area contributed by atoms with Crippen LogP contribution in [0.2, 0.25) is 0 Å². The number of hydrogen-bond donors (Lipinski definition) is 1. The van der Waals surface area contributed by atoms with Crippen LogP contribution in [-0.4, -0.2) is 31.3 Å². The summed E-state index contributed by atoms with van der Waals surface area (Å²) in [5, 5.41) is 2.62. The van der Waals surface area contributed by atoms with Crippen LogP contribution in [0.25, 0.3) is 0 Å². The molecule has 1 aromatic carbocycles. The van der Waals surface area contributed by atoms with E-state index in [0.717, 1.165) is 23.9 Å². The number of amides is 1. The molecule has 0 unspecified atom stereocenters. The fourth-order valence-electron chi connectivity index (χ4n) is 1.33. The summed E-state index contributed by atoms with van der Waals surface area (Å²) < 4.78 is 30.1. The lowest BCUT2D eigenvalue weighted by Crippen LogP contribution is -2.26. The molecule has 0 aromatic heterocycles. The Kier molecular flexibility index (Phi) is 7.00. The molecule has 0 fully saturated rings. The van der Waals surface area contributed by atoms with Crippen molar-refractivity contribution in [2.24, 2.45) is 0 Å². The molecule has 0 bridgehead atoms. The molecule has 4 nitrogen and oxygen atoms in total. The van der Waals surface area contributed by atoms with Crippen molar-refractivity contribution in [3.63, 3.8) is 0 Å². The van der Waals surface area contributed by atoms with Gasteiger partial charge in [0.25, 0.3) is 0 Å². The number of nitrogens with one attached hydrogen (secondary N) is 1. The molecule has 1 amide bonds. The Hall–Kier alpha value is -1.63. The minimum Gasteiger partial charge on any atom is -0.469 e. The van der Waals surface area contributed by atoms with Gasteiger partial charge in [-0.25, -0.2) is 8.78 Å². The molecule has 0 atom stereocenters. The predicted molar refractivity (Wildman–Crippen MR) is 71.3 cm³/mol. The van der Waals surface area contributed by atoms with E-state index in [4.69, 9.17) is 0 Å². The number of esters is 1. The van der Waals surface area contributed by atoms with Gasteiger partial charge in [-0.05, 0) is 24.6 Å². The van der Waals surface area contributed by atoms with E-state index in [1.54, 1.807) is 0 Å². The minimum atomic E-state index is -0.937. The molecule has 7 heteroatoms. The summed E-state index contributed by atoms with van der Waals surface area (Å²) in [6.45, 7) is 0.367. The number of rotatable bonds is 7. The van der Waals surface area contributed by atoms with Gasteiger partial charge in [-0.2, -0.15) is 0 Å². The second-order valence-corrected chi connectivity index (χ2v) is 4.94. The van der Waals surface area contributed by atoms with Gasteiger partial charge in [-0.3, -0.25) is 9.59 Å². The summed E-state index contributed by atoms with van der Waals surface area (Å²) in [6, 6.07) is 3.48. The highest BCUT2D eigenvalue weighted by Crippen LogP contribution is 2.19. The highest BCUT2D eigenvalue weighted by atomic mass is 32.2. The van der Waals surface area contributed by atoms with Gasteiger partial charge in [0, 0.05) is 17.9 Å². The molecule has 20 heavy (non-hydrogen) atoms. The predicted octanol–water partition coefficient (Wildman–Crippen LogP) is 2.13. The molecule has 0 saturated carbocycles. The smallest absolute Gasteiger partial charge is 0.305 e.